The number of rotatable bonds is 3. The van der Waals surface area contributed by atoms with Gasteiger partial charge in [-0.05, 0) is 42.3 Å². The molecular formula is C20H16N2O4. The fraction of sp³-hybridized carbons (Fsp3) is 0.150. The van der Waals surface area contributed by atoms with Gasteiger partial charge in [-0.2, -0.15) is 0 Å². The van der Waals surface area contributed by atoms with Crippen LogP contribution in [0, 0.1) is 0 Å². The van der Waals surface area contributed by atoms with Gasteiger partial charge in [0, 0.05) is 17.3 Å². The summed E-state index contributed by atoms with van der Waals surface area (Å²) in [5.74, 6) is -0.285. The number of fused-ring (bicyclic) bond motifs is 2. The molecule has 3 aromatic rings. The summed E-state index contributed by atoms with van der Waals surface area (Å²) in [7, 11) is 0. The first-order valence-electron chi connectivity index (χ1n) is 8.26. The Hall–Kier alpha value is -3.41. The van der Waals surface area contributed by atoms with Crippen LogP contribution in [-0.4, -0.2) is 11.8 Å². The molecule has 26 heavy (non-hydrogen) atoms. The molecule has 1 unspecified atom stereocenters. The van der Waals surface area contributed by atoms with E-state index < -0.39 is 0 Å². The van der Waals surface area contributed by atoms with Crippen LogP contribution >= 0.6 is 0 Å². The van der Waals surface area contributed by atoms with E-state index in [4.69, 9.17) is 4.42 Å². The molecule has 0 saturated carbocycles. The van der Waals surface area contributed by atoms with Crippen LogP contribution in [-0.2, 0) is 11.2 Å². The molecule has 1 aliphatic heterocycles. The maximum absolute atomic E-state index is 12.5. The predicted octanol–water partition coefficient (Wildman–Crippen LogP) is 2.78. The van der Waals surface area contributed by atoms with E-state index in [0.29, 0.717) is 23.0 Å². The molecule has 4 rings (SSSR count). The molecule has 6 nitrogen and oxygen atoms in total. The lowest BCUT2D eigenvalue weighted by Crippen LogP contribution is -2.26. The average Bonchev–Trinajstić information content (AvgIpc) is 3.00. The van der Waals surface area contributed by atoms with Crippen LogP contribution in [0.15, 0.2) is 57.9 Å². The number of carbonyl (C=O) groups excluding carboxylic acids is 2. The van der Waals surface area contributed by atoms with E-state index in [9.17, 15) is 14.4 Å². The Balaban J connectivity index is 1.55. The van der Waals surface area contributed by atoms with E-state index >= 15 is 0 Å². The van der Waals surface area contributed by atoms with E-state index in [0.717, 1.165) is 16.8 Å². The molecule has 1 aliphatic rings. The second-order valence-electron chi connectivity index (χ2n) is 6.33. The molecule has 1 aromatic heterocycles. The number of benzene rings is 2. The van der Waals surface area contributed by atoms with Crippen molar-refractivity contribution < 1.29 is 14.0 Å². The van der Waals surface area contributed by atoms with Gasteiger partial charge in [0.25, 0.3) is 5.91 Å². The normalized spacial score (nSPS) is 14.0. The molecule has 1 atom stereocenters. The topological polar surface area (TPSA) is 88.4 Å². The van der Waals surface area contributed by atoms with Gasteiger partial charge >= 0.3 is 0 Å². The van der Waals surface area contributed by atoms with Gasteiger partial charge in [0.2, 0.25) is 5.91 Å². The van der Waals surface area contributed by atoms with Crippen LogP contribution < -0.4 is 16.1 Å². The van der Waals surface area contributed by atoms with Crippen LogP contribution in [0.3, 0.4) is 0 Å². The van der Waals surface area contributed by atoms with Gasteiger partial charge in [0.1, 0.15) is 5.58 Å². The van der Waals surface area contributed by atoms with Gasteiger partial charge in [0.05, 0.1) is 24.1 Å². The summed E-state index contributed by atoms with van der Waals surface area (Å²) < 4.78 is 5.31. The minimum absolute atomic E-state index is 0.0218. The Bertz CT molecular complexity index is 1100. The summed E-state index contributed by atoms with van der Waals surface area (Å²) in [5, 5.41) is 6.16. The smallest absolute Gasteiger partial charge is 0.251 e. The van der Waals surface area contributed by atoms with E-state index in [2.05, 4.69) is 10.6 Å². The van der Waals surface area contributed by atoms with Gasteiger partial charge in [-0.3, -0.25) is 14.4 Å². The Labute approximate surface area is 148 Å². The number of carbonyl (C=O) groups is 2. The molecule has 2 aromatic carbocycles. The van der Waals surface area contributed by atoms with E-state index in [1.165, 1.54) is 12.3 Å². The van der Waals surface area contributed by atoms with Crippen LogP contribution in [0.25, 0.3) is 11.0 Å². The van der Waals surface area contributed by atoms with Crippen molar-refractivity contribution in [3.63, 3.8) is 0 Å². The van der Waals surface area contributed by atoms with E-state index in [1.807, 2.05) is 25.1 Å². The summed E-state index contributed by atoms with van der Waals surface area (Å²) in [4.78, 5) is 35.8. The van der Waals surface area contributed by atoms with Crippen LogP contribution in [0.4, 0.5) is 5.69 Å². The molecule has 0 aliphatic carbocycles. The van der Waals surface area contributed by atoms with Gasteiger partial charge in [-0.15, -0.1) is 0 Å². The largest absolute Gasteiger partial charge is 0.464 e. The highest BCUT2D eigenvalue weighted by Gasteiger charge is 2.19. The molecule has 2 amide bonds. The van der Waals surface area contributed by atoms with Crippen LogP contribution in [0.5, 0.6) is 0 Å². The summed E-state index contributed by atoms with van der Waals surface area (Å²) in [5.41, 5.74) is 3.31. The van der Waals surface area contributed by atoms with Crippen molar-refractivity contribution in [3.8, 4) is 0 Å². The lowest BCUT2D eigenvalue weighted by atomic mass is 10.0. The molecule has 2 N–H and O–H groups in total. The number of nitrogens with one attached hydrogen (secondary N) is 2. The monoisotopic (exact) mass is 348 g/mol. The molecule has 0 spiro atoms. The molecule has 0 saturated heterocycles. The van der Waals surface area contributed by atoms with Gasteiger partial charge in [-0.1, -0.05) is 12.1 Å². The average molecular weight is 348 g/mol. The summed E-state index contributed by atoms with van der Waals surface area (Å²) in [6.07, 6.45) is 1.67. The maximum atomic E-state index is 12.5. The number of amides is 2. The van der Waals surface area contributed by atoms with Crippen LogP contribution in [0.2, 0.25) is 0 Å². The highest BCUT2D eigenvalue weighted by Crippen LogP contribution is 2.26. The van der Waals surface area contributed by atoms with E-state index in [-0.39, 0.29) is 23.3 Å². The van der Waals surface area contributed by atoms with Gasteiger partial charge in [-0.25, -0.2) is 0 Å². The minimum atomic E-state index is -0.263. The number of hydrogen-bond donors (Lipinski definition) is 2. The third-order valence-electron chi connectivity index (χ3n) is 4.53. The first-order valence-corrected chi connectivity index (χ1v) is 8.26. The zero-order valence-electron chi connectivity index (χ0n) is 14.0. The third kappa shape index (κ3) is 2.86. The molecule has 0 bridgehead atoms. The highest BCUT2D eigenvalue weighted by atomic mass is 16.3. The van der Waals surface area contributed by atoms with Gasteiger partial charge < -0.3 is 15.1 Å². The van der Waals surface area contributed by atoms with Gasteiger partial charge in [0.15, 0.2) is 5.43 Å². The van der Waals surface area contributed by atoms with E-state index in [1.54, 1.807) is 18.2 Å². The molecule has 0 fully saturated rings. The Morgan fingerprint density at radius 3 is 2.85 bits per heavy atom. The Morgan fingerprint density at radius 2 is 2.00 bits per heavy atom. The molecule has 2 heterocycles. The fourth-order valence-corrected chi connectivity index (χ4v) is 3.11. The second-order valence-corrected chi connectivity index (χ2v) is 6.33. The fourth-order valence-electron chi connectivity index (χ4n) is 3.11. The first kappa shape index (κ1) is 16.1. The summed E-state index contributed by atoms with van der Waals surface area (Å²) in [6, 6.07) is 11.5. The van der Waals surface area contributed by atoms with Crippen molar-refractivity contribution in [2.24, 2.45) is 0 Å². The lowest BCUT2D eigenvalue weighted by Gasteiger charge is -2.15. The van der Waals surface area contributed by atoms with Crippen molar-refractivity contribution in [1.29, 1.82) is 0 Å². The van der Waals surface area contributed by atoms with Crippen molar-refractivity contribution in [2.45, 2.75) is 19.4 Å². The quantitative estimate of drug-likeness (QED) is 0.762. The first-order chi connectivity index (χ1) is 12.5. The standard InChI is InChI=1S/C20H16N2O4/c1-11(12-3-5-16-14(8-12)10-19(24)22-16)21-20(25)13-2-4-15-17(23)6-7-26-18(15)9-13/h2-9,11H,10H2,1H3,(H,21,25)(H,22,24). The molecule has 6 heteroatoms. The molecular weight excluding hydrogens is 332 g/mol. The third-order valence-corrected chi connectivity index (χ3v) is 4.53. The maximum Gasteiger partial charge on any atom is 0.251 e. The van der Waals surface area contributed by atoms with Crippen LogP contribution in [0.1, 0.15) is 34.5 Å². The zero-order valence-corrected chi connectivity index (χ0v) is 14.0. The predicted molar refractivity (Wildman–Crippen MR) is 97.1 cm³/mol. The Kier molecular flexibility index (Phi) is 3.80. The molecule has 130 valence electrons. The van der Waals surface area contributed by atoms with Crippen molar-refractivity contribution in [1.82, 2.24) is 5.32 Å². The SMILES string of the molecule is CC(NC(=O)c1ccc2c(=O)ccoc2c1)c1ccc2c(c1)CC(=O)N2. The minimum Gasteiger partial charge on any atom is -0.464 e. The number of anilines is 1. The molecule has 0 radical (unpaired) electrons. The lowest BCUT2D eigenvalue weighted by molar-refractivity contribution is -0.115. The van der Waals surface area contributed by atoms with Crippen molar-refractivity contribution in [2.75, 3.05) is 5.32 Å². The van der Waals surface area contributed by atoms with Crippen molar-refractivity contribution >= 4 is 28.5 Å². The zero-order chi connectivity index (χ0) is 18.3. The highest BCUT2D eigenvalue weighted by molar-refractivity contribution is 5.99. The Morgan fingerprint density at radius 1 is 1.15 bits per heavy atom. The van der Waals surface area contributed by atoms with Crippen molar-refractivity contribution in [3.05, 3.63) is 75.6 Å². The second kappa shape index (κ2) is 6.15. The number of hydrogen-bond acceptors (Lipinski definition) is 4. The summed E-state index contributed by atoms with van der Waals surface area (Å²) in [6.45, 7) is 1.88. The summed E-state index contributed by atoms with van der Waals surface area (Å²) >= 11 is 0.